The van der Waals surface area contributed by atoms with Crippen molar-refractivity contribution in [1.29, 1.82) is 0 Å². The first-order valence-corrected chi connectivity index (χ1v) is 9.61. The third kappa shape index (κ3) is 3.85. The highest BCUT2D eigenvalue weighted by molar-refractivity contribution is 7.19. The summed E-state index contributed by atoms with van der Waals surface area (Å²) >= 11 is 1.53. The number of hydrazone groups is 1. The van der Waals surface area contributed by atoms with Gasteiger partial charge in [0.05, 0.1) is 28.8 Å². The molecule has 0 bridgehead atoms. The Bertz CT molecular complexity index is 1180. The smallest absolute Gasteiger partial charge is 0.167 e. The lowest BCUT2D eigenvalue weighted by Crippen LogP contribution is -2.14. The summed E-state index contributed by atoms with van der Waals surface area (Å²) in [5.74, 6) is 0.979. The van der Waals surface area contributed by atoms with Gasteiger partial charge in [0.2, 0.25) is 0 Å². The number of fused-ring (bicyclic) bond motifs is 1. The zero-order valence-electron chi connectivity index (χ0n) is 15.9. The van der Waals surface area contributed by atoms with Crippen LogP contribution in [-0.2, 0) is 20.0 Å². The first kappa shape index (κ1) is 18.7. The molecule has 0 aromatic carbocycles. The fraction of sp³-hybridized carbons (Fsp3) is 0.222. The molecular formula is C18H19N9OS. The number of carbonyl (C=O) groups excluding carboxylic acids is 1. The molecule has 148 valence electrons. The number of nitrogens with one attached hydrogen (secondary N) is 1. The van der Waals surface area contributed by atoms with E-state index in [0.717, 1.165) is 32.9 Å². The van der Waals surface area contributed by atoms with Gasteiger partial charge in [-0.2, -0.15) is 10.2 Å². The lowest BCUT2D eigenvalue weighted by molar-refractivity contribution is 0.111. The third-order valence-electron chi connectivity index (χ3n) is 4.34. The molecule has 4 aromatic rings. The van der Waals surface area contributed by atoms with Crippen molar-refractivity contribution in [2.45, 2.75) is 13.0 Å². The molecule has 0 aliphatic rings. The van der Waals surface area contributed by atoms with Gasteiger partial charge in [-0.15, -0.1) is 11.3 Å². The molecule has 4 aromatic heterocycles. The molecule has 0 saturated heterocycles. The summed E-state index contributed by atoms with van der Waals surface area (Å²) in [6, 6.07) is 3.55. The van der Waals surface area contributed by atoms with Crippen LogP contribution in [0.3, 0.4) is 0 Å². The van der Waals surface area contributed by atoms with Gasteiger partial charge in [-0.3, -0.25) is 14.9 Å². The quantitative estimate of drug-likeness (QED) is 0.269. The fourth-order valence-electron chi connectivity index (χ4n) is 2.95. The van der Waals surface area contributed by atoms with E-state index in [1.54, 1.807) is 41.3 Å². The number of H-pyrrole nitrogens is 1. The van der Waals surface area contributed by atoms with E-state index in [-0.39, 0.29) is 0 Å². The number of anilines is 1. The number of thiazole rings is 1. The zero-order chi connectivity index (χ0) is 20.4. The van der Waals surface area contributed by atoms with Crippen LogP contribution in [0.25, 0.3) is 10.3 Å². The van der Waals surface area contributed by atoms with E-state index in [1.165, 1.54) is 11.3 Å². The van der Waals surface area contributed by atoms with E-state index in [4.69, 9.17) is 5.73 Å². The summed E-state index contributed by atoms with van der Waals surface area (Å²) < 4.78 is 2.70. The van der Waals surface area contributed by atoms with Gasteiger partial charge in [-0.25, -0.2) is 15.0 Å². The average molecular weight is 409 g/mol. The van der Waals surface area contributed by atoms with E-state index in [1.807, 2.05) is 13.1 Å². The van der Waals surface area contributed by atoms with Gasteiger partial charge in [0.15, 0.2) is 17.8 Å². The van der Waals surface area contributed by atoms with Crippen LogP contribution in [-0.4, -0.2) is 54.3 Å². The Morgan fingerprint density at radius 3 is 2.97 bits per heavy atom. The largest absolute Gasteiger partial charge is 0.384 e. The van der Waals surface area contributed by atoms with Crippen LogP contribution in [0.2, 0.25) is 0 Å². The van der Waals surface area contributed by atoms with Gasteiger partial charge in [0, 0.05) is 38.5 Å². The molecule has 0 atom stereocenters. The van der Waals surface area contributed by atoms with Gasteiger partial charge in [0.25, 0.3) is 0 Å². The maximum atomic E-state index is 11.7. The molecular weight excluding hydrogens is 390 g/mol. The number of nitrogens with two attached hydrogens (primary N) is 1. The normalized spacial score (nSPS) is 11.5. The van der Waals surface area contributed by atoms with Crippen LogP contribution >= 0.6 is 11.3 Å². The lowest BCUT2D eigenvalue weighted by atomic mass is 10.3. The Morgan fingerprint density at radius 1 is 1.38 bits per heavy atom. The molecule has 0 aliphatic heterocycles. The van der Waals surface area contributed by atoms with Gasteiger partial charge in [0.1, 0.15) is 10.8 Å². The van der Waals surface area contributed by atoms with Crippen LogP contribution in [0.5, 0.6) is 0 Å². The maximum Gasteiger partial charge on any atom is 0.167 e. The van der Waals surface area contributed by atoms with Gasteiger partial charge in [-0.1, -0.05) is 0 Å². The van der Waals surface area contributed by atoms with E-state index < -0.39 is 0 Å². The van der Waals surface area contributed by atoms with Crippen LogP contribution in [0.4, 0.5) is 5.82 Å². The van der Waals surface area contributed by atoms with E-state index >= 15 is 0 Å². The molecule has 0 fully saturated rings. The molecule has 0 amide bonds. The van der Waals surface area contributed by atoms with Crippen LogP contribution in [0.1, 0.15) is 32.6 Å². The molecule has 3 N–H and O–H groups in total. The number of hydrogen-bond acceptors (Lipinski definition) is 9. The number of carbonyl (C=O) groups is 1. The Labute approximate surface area is 170 Å². The van der Waals surface area contributed by atoms with Gasteiger partial charge < -0.3 is 10.3 Å². The van der Waals surface area contributed by atoms with Crippen molar-refractivity contribution in [3.05, 3.63) is 52.3 Å². The molecule has 0 aliphatic carbocycles. The molecule has 29 heavy (non-hydrogen) atoms. The lowest BCUT2D eigenvalue weighted by Gasteiger charge is -2.11. The number of nitrogens with zero attached hydrogens (tertiary/aromatic N) is 7. The Hall–Kier alpha value is -3.60. The summed E-state index contributed by atoms with van der Waals surface area (Å²) in [7, 11) is 3.63. The second-order valence-electron chi connectivity index (χ2n) is 6.44. The van der Waals surface area contributed by atoms with Crippen molar-refractivity contribution in [3.8, 4) is 0 Å². The standard InChI is InChI=1S/C18H19N9OS/c1-26(9-15-20-5-4-14(19)23-15)22-8-12-13(10-28)27(2)18-17(12)29-16(24-18)7-11-3-6-21-25-11/h3-6,8,10H,7,9H2,1-2H3,(H,21,25)(H2,19,20,23)/b22-8-. The summed E-state index contributed by atoms with van der Waals surface area (Å²) in [6.45, 7) is 0.390. The highest BCUT2D eigenvalue weighted by Crippen LogP contribution is 2.30. The number of hydrogen-bond donors (Lipinski definition) is 2. The van der Waals surface area contributed by atoms with E-state index in [0.29, 0.717) is 30.3 Å². The summed E-state index contributed by atoms with van der Waals surface area (Å²) in [6.07, 6.45) is 6.52. The number of aldehydes is 1. The minimum Gasteiger partial charge on any atom is -0.384 e. The molecule has 4 heterocycles. The van der Waals surface area contributed by atoms with Crippen molar-refractivity contribution < 1.29 is 4.79 Å². The predicted octanol–water partition coefficient (Wildman–Crippen LogP) is 1.60. The van der Waals surface area contributed by atoms with Crippen LogP contribution in [0.15, 0.2) is 29.6 Å². The Morgan fingerprint density at radius 2 is 2.24 bits per heavy atom. The van der Waals surface area contributed by atoms with Gasteiger partial charge in [-0.05, 0) is 12.1 Å². The minimum atomic E-state index is 0.390. The third-order valence-corrected chi connectivity index (χ3v) is 5.41. The van der Waals surface area contributed by atoms with Crippen LogP contribution < -0.4 is 5.73 Å². The summed E-state index contributed by atoms with van der Waals surface area (Å²) in [5, 5.41) is 14.0. The molecule has 0 spiro atoms. The number of aromatic nitrogens is 6. The molecule has 0 saturated carbocycles. The molecule has 11 heteroatoms. The monoisotopic (exact) mass is 409 g/mol. The van der Waals surface area contributed by atoms with Crippen LogP contribution in [0, 0.1) is 0 Å². The van der Waals surface area contributed by atoms with E-state index in [2.05, 4.69) is 30.3 Å². The fourth-order valence-corrected chi connectivity index (χ4v) is 4.08. The second-order valence-corrected chi connectivity index (χ2v) is 7.52. The Kier molecular flexibility index (Phi) is 5.04. The number of aromatic amines is 1. The molecule has 4 rings (SSSR count). The van der Waals surface area contributed by atoms with Gasteiger partial charge >= 0.3 is 0 Å². The molecule has 10 nitrogen and oxygen atoms in total. The number of aryl methyl sites for hydroxylation is 1. The first-order chi connectivity index (χ1) is 14.0. The van der Waals surface area contributed by atoms with Crippen molar-refractivity contribution in [2.75, 3.05) is 12.8 Å². The molecule has 0 radical (unpaired) electrons. The SMILES string of the molecule is CN(Cc1nccc(N)n1)/N=C\c1c(C=O)n(C)c2nc(Cc3cc[nH]n3)sc12. The second kappa shape index (κ2) is 7.80. The minimum absolute atomic E-state index is 0.390. The zero-order valence-corrected chi connectivity index (χ0v) is 16.7. The van der Waals surface area contributed by atoms with E-state index in [9.17, 15) is 4.79 Å². The van der Waals surface area contributed by atoms with Crippen molar-refractivity contribution in [1.82, 2.24) is 34.7 Å². The number of nitrogen functional groups attached to an aromatic ring is 1. The first-order valence-electron chi connectivity index (χ1n) is 8.79. The van der Waals surface area contributed by atoms with Crippen molar-refractivity contribution in [2.24, 2.45) is 12.1 Å². The molecule has 0 unspecified atom stereocenters. The topological polar surface area (TPSA) is 131 Å². The summed E-state index contributed by atoms with van der Waals surface area (Å²) in [4.78, 5) is 24.7. The van der Waals surface area contributed by atoms with Crippen molar-refractivity contribution in [3.63, 3.8) is 0 Å². The maximum absolute atomic E-state index is 11.7. The number of rotatable bonds is 7. The predicted molar refractivity (Wildman–Crippen MR) is 111 cm³/mol. The highest BCUT2D eigenvalue weighted by atomic mass is 32.1. The van der Waals surface area contributed by atoms with Crippen molar-refractivity contribution >= 4 is 40.0 Å². The average Bonchev–Trinajstić information content (AvgIpc) is 3.39. The highest BCUT2D eigenvalue weighted by Gasteiger charge is 2.18. The Balaban J connectivity index is 1.61. The summed E-state index contributed by atoms with van der Waals surface area (Å²) in [5.41, 5.74) is 8.63.